The zero-order chi connectivity index (χ0) is 61.4. The molecule has 0 spiro atoms. The molecule has 0 unspecified atom stereocenters. The Hall–Kier alpha value is -9.16. The van der Waals surface area contributed by atoms with Gasteiger partial charge in [-0.05, 0) is 157 Å². The molecule has 8 aromatic rings. The summed E-state index contributed by atoms with van der Waals surface area (Å²) in [4.78, 5) is 61.9. The first-order chi connectivity index (χ1) is 43.2. The molecule has 456 valence electrons. The first-order valence-electron chi connectivity index (χ1n) is 31.6. The Balaban J connectivity index is 0.746. The number of esters is 4. The molecular formula is C76H82N2O10. The Morgan fingerprint density at radius 1 is 0.330 bits per heavy atom. The number of hydrogen-bond acceptors (Lipinski definition) is 12. The van der Waals surface area contributed by atoms with Gasteiger partial charge in [0.1, 0.15) is 34.5 Å². The molecule has 0 fully saturated rings. The molecule has 0 aliphatic rings. The summed E-state index contributed by atoms with van der Waals surface area (Å²) in [5.41, 5.74) is 4.23. The molecule has 0 saturated carbocycles. The third-order valence-corrected chi connectivity index (χ3v) is 15.0. The molecule has 12 nitrogen and oxygen atoms in total. The van der Waals surface area contributed by atoms with Crippen LogP contribution in [0.5, 0.6) is 34.5 Å². The summed E-state index contributed by atoms with van der Waals surface area (Å²) in [7, 11) is 0. The largest absolute Gasteiger partial charge is 0.494 e. The number of hydrogen-bond donors (Lipinski definition) is 0. The third kappa shape index (κ3) is 22.0. The minimum Gasteiger partial charge on any atom is -0.494 e. The minimum absolute atomic E-state index is 0.201. The lowest BCUT2D eigenvalue weighted by molar-refractivity contribution is 0.0719. The number of carbonyl (C=O) groups is 4. The van der Waals surface area contributed by atoms with E-state index in [1.54, 1.807) is 164 Å². The molecule has 0 radical (unpaired) electrons. The molecule has 0 amide bonds. The van der Waals surface area contributed by atoms with Crippen LogP contribution in [0.25, 0.3) is 10.8 Å². The van der Waals surface area contributed by atoms with Gasteiger partial charge in [0, 0.05) is 23.9 Å². The van der Waals surface area contributed by atoms with Crippen LogP contribution in [0.1, 0.15) is 195 Å². The number of aliphatic imine (C=N–C) groups is 2. The number of fused-ring (bicyclic) bond motifs is 1. The quantitative estimate of drug-likeness (QED) is 0.0161. The maximum absolute atomic E-state index is 13.5. The van der Waals surface area contributed by atoms with Crippen molar-refractivity contribution in [1.29, 1.82) is 0 Å². The van der Waals surface area contributed by atoms with E-state index in [2.05, 4.69) is 23.8 Å². The highest BCUT2D eigenvalue weighted by Gasteiger charge is 2.17. The van der Waals surface area contributed by atoms with E-state index in [-0.39, 0.29) is 11.5 Å². The molecular weight excluding hydrogens is 1100 g/mol. The molecule has 0 aliphatic heterocycles. The number of rotatable bonds is 36. The van der Waals surface area contributed by atoms with E-state index in [1.165, 1.54) is 109 Å². The monoisotopic (exact) mass is 1180 g/mol. The molecule has 0 aromatic heterocycles. The fourth-order valence-corrected chi connectivity index (χ4v) is 9.89. The molecule has 12 heteroatoms. The van der Waals surface area contributed by atoms with Gasteiger partial charge in [0.15, 0.2) is 0 Å². The van der Waals surface area contributed by atoms with Gasteiger partial charge in [-0.1, -0.05) is 178 Å². The van der Waals surface area contributed by atoms with E-state index < -0.39 is 23.9 Å². The number of carbonyl (C=O) groups excluding carboxylic acids is 4. The Kier molecular flexibility index (Phi) is 26.6. The lowest BCUT2D eigenvalue weighted by Crippen LogP contribution is -2.11. The Bertz CT molecular complexity index is 3490. The lowest BCUT2D eigenvalue weighted by atomic mass is 10.1. The van der Waals surface area contributed by atoms with Gasteiger partial charge < -0.3 is 28.4 Å². The molecule has 0 aliphatic carbocycles. The second-order valence-electron chi connectivity index (χ2n) is 22.1. The molecule has 0 atom stereocenters. The van der Waals surface area contributed by atoms with E-state index in [0.29, 0.717) is 69.1 Å². The van der Waals surface area contributed by atoms with Gasteiger partial charge in [-0.2, -0.15) is 0 Å². The zero-order valence-corrected chi connectivity index (χ0v) is 51.0. The number of ether oxygens (including phenoxy) is 6. The van der Waals surface area contributed by atoms with Crippen LogP contribution in [0.4, 0.5) is 11.4 Å². The van der Waals surface area contributed by atoms with Crippen molar-refractivity contribution in [3.63, 3.8) is 0 Å². The average Bonchev–Trinajstić information content (AvgIpc) is 2.72. The van der Waals surface area contributed by atoms with Gasteiger partial charge in [-0.3, -0.25) is 9.98 Å². The van der Waals surface area contributed by atoms with Crippen LogP contribution < -0.4 is 28.4 Å². The molecule has 88 heavy (non-hydrogen) atoms. The number of benzene rings is 8. The first-order valence-corrected chi connectivity index (χ1v) is 31.6. The van der Waals surface area contributed by atoms with E-state index in [1.807, 2.05) is 24.3 Å². The predicted molar refractivity (Wildman–Crippen MR) is 352 cm³/mol. The molecule has 8 rings (SSSR count). The third-order valence-electron chi connectivity index (χ3n) is 15.0. The van der Waals surface area contributed by atoms with E-state index >= 15 is 0 Å². The number of unbranched alkanes of at least 4 members (excludes halogenated alkanes) is 18. The summed E-state index contributed by atoms with van der Waals surface area (Å²) in [6, 6.07) is 52.0. The van der Waals surface area contributed by atoms with Crippen LogP contribution in [0.3, 0.4) is 0 Å². The number of nitrogens with zero attached hydrogens (tertiary/aromatic N) is 2. The molecule has 0 heterocycles. The summed E-state index contributed by atoms with van der Waals surface area (Å²) >= 11 is 0. The van der Waals surface area contributed by atoms with Crippen LogP contribution in [0.15, 0.2) is 192 Å². The summed E-state index contributed by atoms with van der Waals surface area (Å²) < 4.78 is 34.8. The topological polar surface area (TPSA) is 148 Å². The van der Waals surface area contributed by atoms with Gasteiger partial charge >= 0.3 is 23.9 Å². The minimum atomic E-state index is -0.598. The van der Waals surface area contributed by atoms with Crippen molar-refractivity contribution < 1.29 is 47.6 Å². The van der Waals surface area contributed by atoms with Crippen LogP contribution in [0, 0.1) is 0 Å². The highest BCUT2D eigenvalue weighted by atomic mass is 16.6. The van der Waals surface area contributed by atoms with Gasteiger partial charge in [0.25, 0.3) is 0 Å². The summed E-state index contributed by atoms with van der Waals surface area (Å²) in [6.07, 6.45) is 28.7. The maximum atomic E-state index is 13.5. The first kappa shape index (κ1) is 64.8. The second kappa shape index (κ2) is 36.1. The molecule has 0 saturated heterocycles. The van der Waals surface area contributed by atoms with Gasteiger partial charge in [-0.15, -0.1) is 0 Å². The fraction of sp³-hybridized carbons (Fsp3) is 0.316. The van der Waals surface area contributed by atoms with Crippen molar-refractivity contribution in [1.82, 2.24) is 0 Å². The molecule has 0 N–H and O–H groups in total. The average molecular weight is 1180 g/mol. The van der Waals surface area contributed by atoms with Gasteiger partial charge in [0.2, 0.25) is 0 Å². The zero-order valence-electron chi connectivity index (χ0n) is 51.0. The Morgan fingerprint density at radius 3 is 1.06 bits per heavy atom. The molecule has 0 bridgehead atoms. The SMILES string of the molecule is CCCCCCCCCCCCOc1ccc(C(=O)Oc2ccc(N=Cc3ccc(C(=O)Oc4cc(OC(=O)c5ccc(C=Nc6ccc(OC(=O)c7ccc(OCCCCCCCCCCCC)cc7)cc6)cc5)c5ccccc5c4)cc3)cc2)cc1. The van der Waals surface area contributed by atoms with Crippen LogP contribution >= 0.6 is 0 Å². The highest BCUT2D eigenvalue weighted by molar-refractivity contribution is 5.98. The van der Waals surface area contributed by atoms with E-state index in [4.69, 9.17) is 28.4 Å². The van der Waals surface area contributed by atoms with Crippen molar-refractivity contribution >= 4 is 58.5 Å². The fourth-order valence-electron chi connectivity index (χ4n) is 9.89. The summed E-state index contributed by atoms with van der Waals surface area (Å²) in [5, 5.41) is 1.37. The van der Waals surface area contributed by atoms with Crippen LogP contribution in [-0.2, 0) is 0 Å². The highest BCUT2D eigenvalue weighted by Crippen LogP contribution is 2.33. The van der Waals surface area contributed by atoms with E-state index in [9.17, 15) is 19.2 Å². The standard InChI is InChI=1S/C76H82N2O10/c1-3-5-7-9-11-13-15-17-19-23-51-83-66-43-35-61(36-44-66)73(79)85-68-47-39-64(40-48-68)77-55-57-27-31-59(32-28-57)75(81)87-70-53-63-25-21-22-26-71(63)72(54-70)88-76(82)60-33-29-58(30-34-60)56-78-65-41-49-69(50-42-65)86-74(80)62-37-45-67(46-38-62)84-52-24-20-18-16-14-12-10-8-6-4-2/h21-22,25-50,53-56H,3-20,23-24,51-52H2,1-2H3. The smallest absolute Gasteiger partial charge is 0.343 e. The van der Waals surface area contributed by atoms with Crippen molar-refractivity contribution in [2.24, 2.45) is 9.98 Å². The second-order valence-corrected chi connectivity index (χ2v) is 22.1. The van der Waals surface area contributed by atoms with Crippen molar-refractivity contribution in [2.45, 2.75) is 142 Å². The van der Waals surface area contributed by atoms with Crippen LogP contribution in [0.2, 0.25) is 0 Å². The van der Waals surface area contributed by atoms with Crippen LogP contribution in [-0.4, -0.2) is 49.5 Å². The van der Waals surface area contributed by atoms with Crippen molar-refractivity contribution in [2.75, 3.05) is 13.2 Å². The lowest BCUT2D eigenvalue weighted by Gasteiger charge is -2.11. The van der Waals surface area contributed by atoms with E-state index in [0.717, 1.165) is 48.3 Å². The predicted octanol–water partition coefficient (Wildman–Crippen LogP) is 19.8. The Morgan fingerprint density at radius 2 is 0.659 bits per heavy atom. The Labute approximate surface area is 519 Å². The van der Waals surface area contributed by atoms with Gasteiger partial charge in [-0.25, -0.2) is 19.2 Å². The summed E-state index contributed by atoms with van der Waals surface area (Å²) in [6.45, 7) is 5.81. The normalized spacial score (nSPS) is 11.2. The van der Waals surface area contributed by atoms with Gasteiger partial charge in [0.05, 0.1) is 46.8 Å². The molecule has 8 aromatic carbocycles. The van der Waals surface area contributed by atoms with Crippen molar-refractivity contribution in [3.05, 3.63) is 215 Å². The maximum Gasteiger partial charge on any atom is 0.343 e. The summed E-state index contributed by atoms with van der Waals surface area (Å²) in [5.74, 6) is 0.536. The van der Waals surface area contributed by atoms with Crippen molar-refractivity contribution in [3.8, 4) is 34.5 Å².